The van der Waals surface area contributed by atoms with Crippen LogP contribution >= 0.6 is 11.8 Å². The van der Waals surface area contributed by atoms with Crippen molar-refractivity contribution in [1.29, 1.82) is 0 Å². The molecule has 0 saturated heterocycles. The molecule has 1 aliphatic heterocycles. The Bertz CT molecular complexity index is 1160. The van der Waals surface area contributed by atoms with Crippen molar-refractivity contribution >= 4 is 34.4 Å². The standard InChI is InChI=1S/C25H25F4N3O3S/c26-20-9-6-16(30-22(34)25(27,28)29)11-19(20)24-12-18(35-17-7-8-17)10-15(24)13-36-23(32-24)31-21(33)14-4-2-1-3-5-14/h2,4-6,9,11,15,17-18H,1,3,7-8,10,12-13H2,(H,30,34)(H,31,32,33)/t15-,18?,24-/m0/s1. The Morgan fingerprint density at radius 3 is 2.64 bits per heavy atom. The van der Waals surface area contributed by atoms with Crippen molar-refractivity contribution < 1.29 is 31.9 Å². The summed E-state index contributed by atoms with van der Waals surface area (Å²) in [6.45, 7) is 0. The SMILES string of the molecule is O=C(NC1=N[C@@]2(c3cc(NC(=O)C(F)(F)F)ccc3F)CC(OC3CC3)C[C@H]2CS1)C1=CCCC=C1. The summed E-state index contributed by atoms with van der Waals surface area (Å²) in [7, 11) is 0. The molecule has 0 bridgehead atoms. The van der Waals surface area contributed by atoms with E-state index in [0.717, 1.165) is 37.8 Å². The maximum Gasteiger partial charge on any atom is 0.471 e. The van der Waals surface area contributed by atoms with E-state index in [1.165, 1.54) is 17.8 Å². The molecule has 0 aromatic heterocycles. The van der Waals surface area contributed by atoms with Crippen LogP contribution < -0.4 is 10.6 Å². The highest BCUT2D eigenvalue weighted by Gasteiger charge is 2.53. The molecule has 1 aromatic rings. The Morgan fingerprint density at radius 1 is 1.14 bits per heavy atom. The van der Waals surface area contributed by atoms with Crippen LogP contribution in [0.3, 0.4) is 0 Å². The van der Waals surface area contributed by atoms with E-state index >= 15 is 4.39 Å². The van der Waals surface area contributed by atoms with Gasteiger partial charge in [-0.1, -0.05) is 30.0 Å². The number of carbonyl (C=O) groups is 2. The van der Waals surface area contributed by atoms with E-state index < -0.39 is 23.4 Å². The van der Waals surface area contributed by atoms with Crippen molar-refractivity contribution in [2.45, 2.75) is 62.4 Å². The monoisotopic (exact) mass is 523 g/mol. The molecule has 2 amide bonds. The quantitative estimate of drug-likeness (QED) is 0.534. The number of carbonyl (C=O) groups excluding carboxylic acids is 2. The molecule has 3 aliphatic carbocycles. The summed E-state index contributed by atoms with van der Waals surface area (Å²) in [6.07, 6.45) is 4.86. The number of fused-ring (bicyclic) bond motifs is 1. The zero-order valence-electron chi connectivity index (χ0n) is 19.2. The van der Waals surface area contributed by atoms with E-state index in [0.29, 0.717) is 29.3 Å². The van der Waals surface area contributed by atoms with E-state index in [1.54, 1.807) is 11.4 Å². The lowest BCUT2D eigenvalue weighted by Gasteiger charge is -2.36. The number of hydrogen-bond donors (Lipinski definition) is 2. The highest BCUT2D eigenvalue weighted by Crippen LogP contribution is 2.53. The van der Waals surface area contributed by atoms with Crippen LogP contribution in [-0.2, 0) is 19.9 Å². The zero-order valence-corrected chi connectivity index (χ0v) is 20.1. The van der Waals surface area contributed by atoms with Crippen LogP contribution in [0.1, 0.15) is 44.1 Å². The first-order valence-corrected chi connectivity index (χ1v) is 12.9. The lowest BCUT2D eigenvalue weighted by atomic mass is 9.81. The minimum absolute atomic E-state index is 0.0817. The number of hydrogen-bond acceptors (Lipinski definition) is 5. The van der Waals surface area contributed by atoms with Gasteiger partial charge in [0.15, 0.2) is 5.17 Å². The third kappa shape index (κ3) is 5.22. The van der Waals surface area contributed by atoms with Crippen LogP contribution in [0, 0.1) is 11.7 Å². The van der Waals surface area contributed by atoms with Crippen molar-refractivity contribution in [3.05, 3.63) is 53.4 Å². The second kappa shape index (κ2) is 9.66. The van der Waals surface area contributed by atoms with Gasteiger partial charge in [0.05, 0.1) is 17.7 Å². The summed E-state index contributed by atoms with van der Waals surface area (Å²) in [5.41, 5.74) is -0.721. The minimum Gasteiger partial charge on any atom is -0.375 e. The van der Waals surface area contributed by atoms with Crippen LogP contribution in [0.5, 0.6) is 0 Å². The number of amides is 2. The highest BCUT2D eigenvalue weighted by atomic mass is 32.2. The average Bonchev–Trinajstić information content (AvgIpc) is 3.58. The number of rotatable bonds is 5. The number of allylic oxidation sites excluding steroid dienone is 2. The summed E-state index contributed by atoms with van der Waals surface area (Å²) in [5.74, 6) is -2.74. The van der Waals surface area contributed by atoms with Crippen molar-refractivity contribution in [1.82, 2.24) is 5.32 Å². The first-order valence-electron chi connectivity index (χ1n) is 11.9. The number of thioether (sulfide) groups is 1. The van der Waals surface area contributed by atoms with Gasteiger partial charge in [-0.15, -0.1) is 0 Å². The largest absolute Gasteiger partial charge is 0.471 e. The first-order chi connectivity index (χ1) is 17.1. The van der Waals surface area contributed by atoms with Crippen molar-refractivity contribution in [2.24, 2.45) is 10.9 Å². The van der Waals surface area contributed by atoms with Crippen molar-refractivity contribution in [3.63, 3.8) is 0 Å². The van der Waals surface area contributed by atoms with Crippen LogP contribution in [0.2, 0.25) is 0 Å². The summed E-state index contributed by atoms with van der Waals surface area (Å²) < 4.78 is 59.8. The molecule has 36 heavy (non-hydrogen) atoms. The maximum absolute atomic E-state index is 15.3. The Morgan fingerprint density at radius 2 is 1.94 bits per heavy atom. The van der Waals surface area contributed by atoms with Crippen LogP contribution in [0.25, 0.3) is 0 Å². The Labute approximate surface area is 209 Å². The summed E-state index contributed by atoms with van der Waals surface area (Å²) in [4.78, 5) is 29.1. The van der Waals surface area contributed by atoms with Gasteiger partial charge in [0.2, 0.25) is 0 Å². The van der Waals surface area contributed by atoms with Gasteiger partial charge < -0.3 is 15.4 Å². The van der Waals surface area contributed by atoms with Crippen molar-refractivity contribution in [2.75, 3.05) is 11.1 Å². The fourth-order valence-corrected chi connectivity index (χ4v) is 6.13. The molecular weight excluding hydrogens is 498 g/mol. The van der Waals surface area contributed by atoms with Crippen LogP contribution in [-0.4, -0.2) is 41.1 Å². The fraction of sp³-hybridized carbons (Fsp3) is 0.480. The summed E-state index contributed by atoms with van der Waals surface area (Å²) in [5, 5.41) is 4.95. The maximum atomic E-state index is 15.3. The van der Waals surface area contributed by atoms with E-state index in [9.17, 15) is 22.8 Å². The lowest BCUT2D eigenvalue weighted by molar-refractivity contribution is -0.167. The fourth-order valence-electron chi connectivity index (χ4n) is 4.97. The van der Waals surface area contributed by atoms with Gasteiger partial charge in [0.1, 0.15) is 5.82 Å². The molecule has 2 fully saturated rings. The Balaban J connectivity index is 1.49. The predicted octanol–water partition coefficient (Wildman–Crippen LogP) is 4.97. The van der Waals surface area contributed by atoms with Crippen LogP contribution in [0.4, 0.5) is 23.2 Å². The van der Waals surface area contributed by atoms with Crippen LogP contribution in [0.15, 0.2) is 47.0 Å². The number of ether oxygens (including phenoxy) is 1. The smallest absolute Gasteiger partial charge is 0.375 e. The van der Waals surface area contributed by atoms with Gasteiger partial charge in [-0.05, 0) is 50.3 Å². The number of benzene rings is 1. The topological polar surface area (TPSA) is 79.8 Å². The molecule has 1 aromatic carbocycles. The number of alkyl halides is 3. The molecule has 1 unspecified atom stereocenters. The second-order valence-electron chi connectivity index (χ2n) is 9.49. The number of aliphatic imine (C=N–C) groups is 1. The van der Waals surface area contributed by atoms with E-state index in [-0.39, 0.29) is 35.3 Å². The number of nitrogens with zero attached hydrogens (tertiary/aromatic N) is 1. The number of nitrogens with one attached hydrogen (secondary N) is 2. The lowest BCUT2D eigenvalue weighted by Crippen LogP contribution is -2.41. The van der Waals surface area contributed by atoms with Gasteiger partial charge in [-0.25, -0.2) is 4.39 Å². The highest BCUT2D eigenvalue weighted by molar-refractivity contribution is 8.13. The third-order valence-corrected chi connectivity index (χ3v) is 7.85. The molecule has 1 heterocycles. The average molecular weight is 524 g/mol. The molecule has 2 N–H and O–H groups in total. The van der Waals surface area contributed by atoms with Gasteiger partial charge in [-0.3, -0.25) is 14.6 Å². The predicted molar refractivity (Wildman–Crippen MR) is 128 cm³/mol. The third-order valence-electron chi connectivity index (χ3n) is 6.82. The van der Waals surface area contributed by atoms with Gasteiger partial charge in [-0.2, -0.15) is 13.2 Å². The number of amidine groups is 1. The number of halogens is 4. The van der Waals surface area contributed by atoms with Crippen molar-refractivity contribution in [3.8, 4) is 0 Å². The second-order valence-corrected chi connectivity index (χ2v) is 10.5. The van der Waals surface area contributed by atoms with Gasteiger partial charge in [0.25, 0.3) is 5.91 Å². The van der Waals surface area contributed by atoms with E-state index in [1.807, 2.05) is 12.2 Å². The minimum atomic E-state index is -5.08. The molecule has 192 valence electrons. The molecule has 4 aliphatic rings. The van der Waals surface area contributed by atoms with Gasteiger partial charge >= 0.3 is 12.1 Å². The molecule has 6 nitrogen and oxygen atoms in total. The van der Waals surface area contributed by atoms with Gasteiger partial charge in [0, 0.05) is 34.9 Å². The molecule has 11 heteroatoms. The molecule has 3 atom stereocenters. The molecule has 0 radical (unpaired) electrons. The summed E-state index contributed by atoms with van der Waals surface area (Å²) in [6, 6.07) is 3.35. The Kier molecular flexibility index (Phi) is 6.71. The molecule has 0 spiro atoms. The molecular formula is C25H25F4N3O3S. The Hall–Kier alpha value is -2.66. The normalized spacial score (nSPS) is 27.7. The number of anilines is 1. The zero-order chi connectivity index (χ0) is 25.5. The van der Waals surface area contributed by atoms with E-state index in [4.69, 9.17) is 9.73 Å². The first kappa shape index (κ1) is 25.0. The molecule has 5 rings (SSSR count). The summed E-state index contributed by atoms with van der Waals surface area (Å²) >= 11 is 1.36. The molecule has 2 saturated carbocycles. The van der Waals surface area contributed by atoms with E-state index in [2.05, 4.69) is 5.32 Å².